The van der Waals surface area contributed by atoms with Crippen molar-refractivity contribution in [1.29, 1.82) is 0 Å². The Bertz CT molecular complexity index is 333. The van der Waals surface area contributed by atoms with Crippen molar-refractivity contribution >= 4 is 21.9 Å². The van der Waals surface area contributed by atoms with E-state index in [-0.39, 0.29) is 45.1 Å². The van der Waals surface area contributed by atoms with Crippen LogP contribution < -0.4 is 0 Å². The fraction of sp³-hybridized carbons (Fsp3) is 0.375. The summed E-state index contributed by atoms with van der Waals surface area (Å²) in [4.78, 5) is 0. The molecule has 106 valence electrons. The first-order valence-electron chi connectivity index (χ1n) is 6.13. The maximum Gasteiger partial charge on any atom is 0.0213 e. The van der Waals surface area contributed by atoms with Crippen LogP contribution in [0.5, 0.6) is 0 Å². The molecule has 0 aliphatic heterocycles. The first-order valence-corrected chi connectivity index (χ1v) is 8.44. The fourth-order valence-electron chi connectivity index (χ4n) is 1.44. The minimum Gasteiger partial charge on any atom is -0.208 e. The molecule has 0 bridgehead atoms. The molecule has 0 amide bonds. The van der Waals surface area contributed by atoms with Gasteiger partial charge in [0.05, 0.1) is 0 Å². The Morgan fingerprint density at radius 1 is 0.789 bits per heavy atom. The summed E-state index contributed by atoms with van der Waals surface area (Å²) in [5.41, 5.74) is 5.44. The second kappa shape index (κ2) is 14.7. The van der Waals surface area contributed by atoms with Gasteiger partial charge in [-0.1, -0.05) is 40.8 Å². The van der Waals surface area contributed by atoms with E-state index < -0.39 is 0 Å². The minimum absolute atomic E-state index is 0. The van der Waals surface area contributed by atoms with E-state index in [2.05, 4.69) is 77.2 Å². The van der Waals surface area contributed by atoms with Crippen molar-refractivity contribution in [1.82, 2.24) is 0 Å². The Kier molecular flexibility index (Phi) is 18.8. The maximum absolute atomic E-state index is 2.21. The van der Waals surface area contributed by atoms with E-state index in [0.29, 0.717) is 0 Å². The molecule has 0 atom stereocenters. The number of aryl methyl sites for hydroxylation is 4. The molecule has 0 fully saturated rings. The number of halogens is 1. The van der Waals surface area contributed by atoms with Crippen LogP contribution in [0.4, 0.5) is 0 Å². The Labute approximate surface area is 153 Å². The first kappa shape index (κ1) is 24.3. The van der Waals surface area contributed by atoms with Gasteiger partial charge in [-0.05, 0) is 0 Å². The van der Waals surface area contributed by atoms with Crippen molar-refractivity contribution in [3.63, 3.8) is 0 Å². The van der Waals surface area contributed by atoms with Gasteiger partial charge in [-0.15, -0.1) is 12.4 Å². The van der Waals surface area contributed by atoms with Gasteiger partial charge in [0.15, 0.2) is 0 Å². The zero-order valence-corrected chi connectivity index (χ0v) is 17.8. The molecule has 2 radical (unpaired) electrons. The molecular weight excluding hydrogens is 345 g/mol. The Morgan fingerprint density at radius 3 is 1.11 bits per heavy atom. The van der Waals surface area contributed by atoms with E-state index in [9.17, 15) is 0 Å². The first-order chi connectivity index (χ1) is 7.99. The summed E-state index contributed by atoms with van der Waals surface area (Å²) >= 11 is 0. The van der Waals surface area contributed by atoms with Crippen LogP contribution in [0.15, 0.2) is 36.4 Å². The van der Waals surface area contributed by atoms with E-state index >= 15 is 0 Å². The van der Waals surface area contributed by atoms with Crippen molar-refractivity contribution in [2.75, 3.05) is 0 Å². The Hall–Kier alpha value is 0.311. The van der Waals surface area contributed by atoms with Gasteiger partial charge in [0.25, 0.3) is 0 Å². The summed E-state index contributed by atoms with van der Waals surface area (Å²) in [6.45, 7) is 12.8. The summed E-state index contributed by atoms with van der Waals surface area (Å²) in [7, 11) is 0.750. The second-order valence-electron chi connectivity index (χ2n) is 4.51. The van der Waals surface area contributed by atoms with Gasteiger partial charge in [0, 0.05) is 42.2 Å². The smallest absolute Gasteiger partial charge is 0.0213 e. The number of hydrogen-bond donors (Lipinski definition) is 0. The van der Waals surface area contributed by atoms with E-state index in [1.807, 2.05) is 0 Å². The van der Waals surface area contributed by atoms with Gasteiger partial charge in [0.2, 0.25) is 0 Å². The van der Waals surface area contributed by atoms with Crippen LogP contribution in [0.3, 0.4) is 0 Å². The van der Waals surface area contributed by atoms with Gasteiger partial charge in [-0.2, -0.15) is 35.4 Å². The van der Waals surface area contributed by atoms with E-state index in [1.54, 1.807) is 0 Å². The molecular formula is C16H26ClSiY-2. The molecule has 19 heavy (non-hydrogen) atoms. The van der Waals surface area contributed by atoms with Crippen LogP contribution in [0, 0.1) is 27.7 Å². The van der Waals surface area contributed by atoms with E-state index in [1.165, 1.54) is 22.3 Å². The molecule has 0 heterocycles. The predicted molar refractivity (Wildman–Crippen MR) is 89.1 cm³/mol. The molecule has 0 spiro atoms. The van der Waals surface area contributed by atoms with Crippen LogP contribution >= 0.6 is 12.4 Å². The summed E-state index contributed by atoms with van der Waals surface area (Å²) in [5.74, 6) is 0. The largest absolute Gasteiger partial charge is 0.208 e. The molecule has 2 rings (SSSR count). The quantitative estimate of drug-likeness (QED) is 0.453. The van der Waals surface area contributed by atoms with Crippen molar-refractivity contribution in [3.8, 4) is 0 Å². The number of hydrogen-bond acceptors (Lipinski definition) is 0. The summed E-state index contributed by atoms with van der Waals surface area (Å²) < 4.78 is 0. The third-order valence-electron chi connectivity index (χ3n) is 2.13. The van der Waals surface area contributed by atoms with E-state index in [0.717, 1.165) is 9.52 Å². The van der Waals surface area contributed by atoms with Crippen molar-refractivity contribution in [2.45, 2.75) is 40.8 Å². The normalized spacial score (nSPS) is 7.89. The average Bonchev–Trinajstić information content (AvgIpc) is 2.78. The predicted octanol–water partition coefficient (Wildman–Crippen LogP) is 4.98. The molecule has 2 aromatic carbocycles. The molecule has 0 unspecified atom stereocenters. The van der Waals surface area contributed by atoms with Gasteiger partial charge in [-0.3, -0.25) is 0 Å². The minimum atomic E-state index is 0. The molecule has 0 aliphatic carbocycles. The van der Waals surface area contributed by atoms with Crippen LogP contribution in [0.25, 0.3) is 0 Å². The Morgan fingerprint density at radius 2 is 1.05 bits per heavy atom. The zero-order chi connectivity index (χ0) is 13.3. The van der Waals surface area contributed by atoms with Crippen molar-refractivity contribution in [2.24, 2.45) is 0 Å². The molecule has 0 aliphatic rings. The summed E-state index contributed by atoms with van der Waals surface area (Å²) in [6, 6.07) is 12.8. The molecule has 0 saturated carbocycles. The molecule has 2 aromatic rings. The van der Waals surface area contributed by atoms with Crippen LogP contribution in [-0.4, -0.2) is 9.52 Å². The van der Waals surface area contributed by atoms with Crippen LogP contribution in [-0.2, 0) is 32.7 Å². The topological polar surface area (TPSA) is 0 Å². The maximum atomic E-state index is 2.21. The molecule has 0 nitrogen and oxygen atoms in total. The van der Waals surface area contributed by atoms with Gasteiger partial charge >= 0.3 is 0 Å². The second-order valence-corrected chi connectivity index (χ2v) is 5.66. The van der Waals surface area contributed by atoms with Crippen LogP contribution in [0.1, 0.15) is 22.3 Å². The Balaban J connectivity index is -0.000000207. The molecule has 0 saturated heterocycles. The SMILES string of the molecule is C[SiH]C.Cc1c[cH-]c(C)c1.Cc1c[cH-]c(C)c1.Cl.[Y]. The fourth-order valence-corrected chi connectivity index (χ4v) is 1.44. The molecule has 0 N–H and O–H groups in total. The third-order valence-corrected chi connectivity index (χ3v) is 2.13. The average molecular weight is 371 g/mol. The van der Waals surface area contributed by atoms with Crippen LogP contribution in [0.2, 0.25) is 13.1 Å². The molecule has 0 aromatic heterocycles. The summed E-state index contributed by atoms with van der Waals surface area (Å²) in [5, 5.41) is 0. The van der Waals surface area contributed by atoms with Gasteiger partial charge in [0.1, 0.15) is 0 Å². The monoisotopic (exact) mass is 370 g/mol. The zero-order valence-electron chi connectivity index (χ0n) is 13.0. The number of rotatable bonds is 0. The van der Waals surface area contributed by atoms with Gasteiger partial charge in [-0.25, -0.2) is 23.3 Å². The van der Waals surface area contributed by atoms with E-state index in [4.69, 9.17) is 0 Å². The third kappa shape index (κ3) is 14.5. The van der Waals surface area contributed by atoms with Crippen molar-refractivity contribution in [3.05, 3.63) is 58.7 Å². The summed E-state index contributed by atoms with van der Waals surface area (Å²) in [6.07, 6.45) is 0. The molecule has 3 heteroatoms. The standard InChI is InChI=1S/2C7H9.C2H7Si.ClH.Y/c2*1-6-3-4-7(2)5-6;1-3-2;;/h2*3-5H,1-2H3;3H,1-2H3;1H;/q2*-1;;;. The van der Waals surface area contributed by atoms with Gasteiger partial charge < -0.3 is 0 Å². The van der Waals surface area contributed by atoms with Crippen molar-refractivity contribution < 1.29 is 32.7 Å².